The topological polar surface area (TPSA) is 37.9 Å². The van der Waals surface area contributed by atoms with E-state index in [2.05, 4.69) is 62.2 Å². The van der Waals surface area contributed by atoms with Gasteiger partial charge >= 0.3 is 0 Å². The summed E-state index contributed by atoms with van der Waals surface area (Å²) in [5.41, 5.74) is 9.10. The van der Waals surface area contributed by atoms with Crippen molar-refractivity contribution >= 4 is 33.4 Å². The van der Waals surface area contributed by atoms with Crippen LogP contribution in [-0.2, 0) is 6.42 Å². The zero-order chi connectivity index (χ0) is 23.2. The second kappa shape index (κ2) is 8.11. The molecular formula is C31H26N2O. The highest BCUT2D eigenvalue weighted by molar-refractivity contribution is 6.20. The second-order valence-electron chi connectivity index (χ2n) is 9.06. The highest BCUT2D eigenvalue weighted by Gasteiger charge is 2.31. The number of para-hydroxylation sites is 1. The highest BCUT2D eigenvalue weighted by atomic mass is 16.3. The van der Waals surface area contributed by atoms with Crippen molar-refractivity contribution in [1.82, 2.24) is 0 Å². The van der Waals surface area contributed by atoms with Crippen molar-refractivity contribution in [2.75, 3.05) is 0 Å². The molecule has 2 aliphatic heterocycles. The van der Waals surface area contributed by atoms with Crippen molar-refractivity contribution in [3.8, 4) is 0 Å². The third kappa shape index (κ3) is 3.19. The Morgan fingerprint density at radius 1 is 0.882 bits per heavy atom. The minimum atomic E-state index is 0.0849. The van der Waals surface area contributed by atoms with Crippen molar-refractivity contribution < 1.29 is 4.42 Å². The van der Waals surface area contributed by atoms with Crippen molar-refractivity contribution in [3.05, 3.63) is 121 Å². The van der Waals surface area contributed by atoms with E-state index in [1.165, 1.54) is 16.7 Å². The van der Waals surface area contributed by atoms with Crippen molar-refractivity contribution in [3.63, 3.8) is 0 Å². The fourth-order valence-corrected chi connectivity index (χ4v) is 5.59. The van der Waals surface area contributed by atoms with E-state index in [0.717, 1.165) is 57.5 Å². The number of hydrogen-bond acceptors (Lipinski definition) is 3. The van der Waals surface area contributed by atoms with Crippen LogP contribution in [0.4, 0.5) is 0 Å². The molecule has 0 saturated carbocycles. The molecule has 34 heavy (non-hydrogen) atoms. The van der Waals surface area contributed by atoms with Gasteiger partial charge in [-0.15, -0.1) is 0 Å². The Morgan fingerprint density at radius 3 is 2.53 bits per heavy atom. The Balaban J connectivity index is 1.55. The summed E-state index contributed by atoms with van der Waals surface area (Å²) >= 11 is 0. The largest absolute Gasteiger partial charge is 0.455 e. The van der Waals surface area contributed by atoms with Crippen molar-refractivity contribution in [1.29, 1.82) is 0 Å². The van der Waals surface area contributed by atoms with Crippen LogP contribution in [-0.4, -0.2) is 17.5 Å². The van der Waals surface area contributed by atoms with Gasteiger partial charge in [-0.2, -0.15) is 0 Å². The predicted molar refractivity (Wildman–Crippen MR) is 142 cm³/mol. The maximum atomic E-state index is 6.39. The van der Waals surface area contributed by atoms with Gasteiger partial charge in [0.2, 0.25) is 0 Å². The Labute approximate surface area is 199 Å². The van der Waals surface area contributed by atoms with Crippen LogP contribution in [0.1, 0.15) is 41.0 Å². The third-order valence-corrected chi connectivity index (χ3v) is 7.13. The normalized spacial score (nSPS) is 20.1. The van der Waals surface area contributed by atoms with Gasteiger partial charge in [0.1, 0.15) is 11.2 Å². The summed E-state index contributed by atoms with van der Waals surface area (Å²) in [5, 5.41) is 2.22. The molecule has 0 bridgehead atoms. The lowest BCUT2D eigenvalue weighted by Crippen LogP contribution is -2.27. The average molecular weight is 443 g/mol. The summed E-state index contributed by atoms with van der Waals surface area (Å²) < 4.78 is 6.39. The van der Waals surface area contributed by atoms with Crippen LogP contribution in [0, 0.1) is 0 Å². The summed E-state index contributed by atoms with van der Waals surface area (Å²) in [4.78, 5) is 10.1. The lowest BCUT2D eigenvalue weighted by atomic mass is 9.78. The van der Waals surface area contributed by atoms with Crippen LogP contribution in [0.3, 0.4) is 0 Å². The van der Waals surface area contributed by atoms with Gasteiger partial charge in [-0.1, -0.05) is 74.3 Å². The molecule has 4 aromatic rings. The van der Waals surface area contributed by atoms with E-state index in [-0.39, 0.29) is 12.0 Å². The molecule has 0 N–H and O–H groups in total. The van der Waals surface area contributed by atoms with E-state index in [1.54, 1.807) is 0 Å². The lowest BCUT2D eigenvalue weighted by molar-refractivity contribution is 0.490. The van der Waals surface area contributed by atoms with Crippen LogP contribution in [0.2, 0.25) is 0 Å². The van der Waals surface area contributed by atoms with E-state index < -0.39 is 0 Å². The summed E-state index contributed by atoms with van der Waals surface area (Å²) in [6.45, 7) is 12.4. The fraction of sp³-hybridized carbons (Fsp3) is 0.161. The Morgan fingerprint density at radius 2 is 1.68 bits per heavy atom. The first-order valence-corrected chi connectivity index (χ1v) is 11.8. The van der Waals surface area contributed by atoms with E-state index >= 15 is 0 Å². The number of benzene rings is 3. The quantitative estimate of drug-likeness (QED) is 0.316. The molecule has 0 spiro atoms. The Kier molecular flexibility index (Phi) is 4.91. The Bertz CT molecular complexity index is 1550. The van der Waals surface area contributed by atoms with E-state index in [0.29, 0.717) is 6.42 Å². The average Bonchev–Trinajstić information content (AvgIpc) is 3.24. The molecule has 0 saturated heterocycles. The van der Waals surface area contributed by atoms with Gasteiger partial charge in [0.25, 0.3) is 0 Å². The summed E-state index contributed by atoms with van der Waals surface area (Å²) in [6.07, 6.45) is 6.26. The molecule has 3 aromatic carbocycles. The first-order valence-electron chi connectivity index (χ1n) is 11.8. The minimum Gasteiger partial charge on any atom is -0.455 e. The first-order chi connectivity index (χ1) is 16.7. The molecule has 2 atom stereocenters. The summed E-state index contributed by atoms with van der Waals surface area (Å²) in [5.74, 6) is 0.288. The molecule has 3 heteroatoms. The molecule has 0 radical (unpaired) electrons. The van der Waals surface area contributed by atoms with Crippen molar-refractivity contribution in [2.45, 2.75) is 31.2 Å². The van der Waals surface area contributed by atoms with E-state index in [4.69, 9.17) is 14.4 Å². The number of aryl methyl sites for hydroxylation is 1. The molecule has 6 rings (SSSR count). The molecule has 0 aliphatic carbocycles. The fourth-order valence-electron chi connectivity index (χ4n) is 5.59. The van der Waals surface area contributed by atoms with Gasteiger partial charge in [0, 0.05) is 39.9 Å². The van der Waals surface area contributed by atoms with Crippen LogP contribution < -0.4 is 0 Å². The molecule has 2 aliphatic rings. The lowest BCUT2D eigenvalue weighted by Gasteiger charge is -2.32. The maximum absolute atomic E-state index is 6.39. The van der Waals surface area contributed by atoms with Crippen molar-refractivity contribution in [2.24, 2.45) is 9.98 Å². The standard InChI is InChI=1S/C31H26N2O/c1-4-26-22-11-7-6-10-21(22)23-16-14-20-15-17-25-24-12-8-9-13-29(24)34-31(25)30(20)27(5-2)32-19(3)18-28(23)33-26/h4-13,15,17,23,28H,1-3,14,16,18H2. The zero-order valence-electron chi connectivity index (χ0n) is 19.1. The number of nitrogens with zero attached hydrogens (tertiary/aromatic N) is 2. The van der Waals surface area contributed by atoms with Crippen LogP contribution in [0.25, 0.3) is 21.9 Å². The Hall–Kier alpha value is -3.98. The molecule has 166 valence electrons. The molecular weight excluding hydrogens is 416 g/mol. The number of aliphatic imine (C=N–C) groups is 2. The minimum absolute atomic E-state index is 0.0849. The van der Waals surface area contributed by atoms with Gasteiger partial charge < -0.3 is 4.42 Å². The first kappa shape index (κ1) is 20.6. The smallest absolute Gasteiger partial charge is 0.145 e. The molecule has 2 unspecified atom stereocenters. The SMILES string of the molecule is C=CC1=NC2CC(=C)N=C(C=C)c3c(ccc4c3oc3ccccc34)CCC2c2ccccc21. The molecule has 0 fully saturated rings. The summed E-state index contributed by atoms with van der Waals surface area (Å²) in [7, 11) is 0. The van der Waals surface area contributed by atoms with Gasteiger partial charge in [-0.05, 0) is 42.2 Å². The number of hydrogen-bond donors (Lipinski definition) is 0. The van der Waals surface area contributed by atoms with Crippen LogP contribution in [0.15, 0.2) is 113 Å². The summed E-state index contributed by atoms with van der Waals surface area (Å²) in [6, 6.07) is 21.3. The van der Waals surface area contributed by atoms with Gasteiger partial charge in [-0.25, -0.2) is 0 Å². The number of fused-ring (bicyclic) bond motifs is 8. The number of allylic oxidation sites excluding steroid dienone is 2. The molecule has 3 nitrogen and oxygen atoms in total. The monoisotopic (exact) mass is 442 g/mol. The second-order valence-corrected chi connectivity index (χ2v) is 9.06. The zero-order valence-corrected chi connectivity index (χ0v) is 19.1. The highest BCUT2D eigenvalue weighted by Crippen LogP contribution is 2.40. The molecule has 1 aromatic heterocycles. The van der Waals surface area contributed by atoms with Crippen LogP contribution >= 0.6 is 0 Å². The van der Waals surface area contributed by atoms with Gasteiger partial charge in [0.15, 0.2) is 0 Å². The predicted octanol–water partition coefficient (Wildman–Crippen LogP) is 7.55. The molecule has 3 heterocycles. The maximum Gasteiger partial charge on any atom is 0.145 e. The third-order valence-electron chi connectivity index (χ3n) is 7.13. The van der Waals surface area contributed by atoms with Gasteiger partial charge in [-0.3, -0.25) is 9.98 Å². The number of furan rings is 1. The molecule has 0 amide bonds. The van der Waals surface area contributed by atoms with Crippen LogP contribution in [0.5, 0.6) is 0 Å². The number of rotatable bonds is 2. The van der Waals surface area contributed by atoms with Gasteiger partial charge in [0.05, 0.1) is 17.5 Å². The van der Waals surface area contributed by atoms with E-state index in [9.17, 15) is 0 Å². The van der Waals surface area contributed by atoms with E-state index in [1.807, 2.05) is 30.4 Å².